The summed E-state index contributed by atoms with van der Waals surface area (Å²) in [6, 6.07) is 0. The van der Waals surface area contributed by atoms with Gasteiger partial charge in [-0.1, -0.05) is 24.0 Å². The topological polar surface area (TPSA) is 16.1 Å². The van der Waals surface area contributed by atoms with E-state index in [2.05, 4.69) is 9.88 Å². The highest BCUT2D eigenvalue weighted by Gasteiger charge is 2.37. The highest BCUT2D eigenvalue weighted by Crippen LogP contribution is 2.36. The second kappa shape index (κ2) is 5.97. The number of likely N-dealkylation sites (tertiary alicyclic amines) is 1. The lowest BCUT2D eigenvalue weighted by Crippen LogP contribution is -2.23. The summed E-state index contributed by atoms with van der Waals surface area (Å²) in [5.74, 6) is 0.246. The predicted octanol–water partition coefficient (Wildman–Crippen LogP) is 4.08. The molecule has 1 fully saturated rings. The summed E-state index contributed by atoms with van der Waals surface area (Å²) in [7, 11) is 0. The van der Waals surface area contributed by atoms with E-state index in [4.69, 9.17) is 12.2 Å². The number of hydrogen-bond acceptors (Lipinski definition) is 4. The average molecular weight is 326 g/mol. The quantitative estimate of drug-likeness (QED) is 0.761. The standard InChI is InChI=1S/C11H13F3N2S3/c1-7-15-9(11(12,13)14)8(19-7)6-18-10(17)16-4-2-3-5-16/h2-6H2,1H3. The van der Waals surface area contributed by atoms with E-state index in [9.17, 15) is 13.2 Å². The van der Waals surface area contributed by atoms with Gasteiger partial charge in [-0.2, -0.15) is 13.2 Å². The van der Waals surface area contributed by atoms with Crippen LogP contribution in [0.5, 0.6) is 0 Å². The lowest BCUT2D eigenvalue weighted by molar-refractivity contribution is -0.141. The van der Waals surface area contributed by atoms with Gasteiger partial charge in [-0.25, -0.2) is 4.98 Å². The van der Waals surface area contributed by atoms with Gasteiger partial charge in [0.15, 0.2) is 5.69 Å². The Labute approximate surface area is 123 Å². The molecule has 1 aliphatic heterocycles. The van der Waals surface area contributed by atoms with E-state index in [1.165, 1.54) is 11.8 Å². The van der Waals surface area contributed by atoms with E-state index in [0.717, 1.165) is 37.3 Å². The van der Waals surface area contributed by atoms with Crippen LogP contribution in [0.15, 0.2) is 0 Å². The Kier molecular flexibility index (Phi) is 4.73. The molecule has 0 unspecified atom stereocenters. The van der Waals surface area contributed by atoms with Gasteiger partial charge in [0.05, 0.1) is 5.01 Å². The number of halogens is 3. The van der Waals surface area contributed by atoms with Crippen molar-refractivity contribution < 1.29 is 13.2 Å². The molecule has 0 spiro atoms. The number of thiocarbonyl (C=S) groups is 1. The van der Waals surface area contributed by atoms with E-state index >= 15 is 0 Å². The molecule has 106 valence electrons. The second-order valence-corrected chi connectivity index (χ2v) is 7.15. The first-order valence-electron chi connectivity index (χ1n) is 5.83. The van der Waals surface area contributed by atoms with Crippen LogP contribution < -0.4 is 0 Å². The molecule has 1 aliphatic rings. The molecule has 8 heteroatoms. The summed E-state index contributed by atoms with van der Waals surface area (Å²) in [4.78, 5) is 5.90. The van der Waals surface area contributed by atoms with Gasteiger partial charge in [-0.15, -0.1) is 11.3 Å². The van der Waals surface area contributed by atoms with Crippen LogP contribution in [0.2, 0.25) is 0 Å². The highest BCUT2D eigenvalue weighted by molar-refractivity contribution is 8.22. The van der Waals surface area contributed by atoms with Gasteiger partial charge in [0.25, 0.3) is 0 Å². The molecule has 0 radical (unpaired) electrons. The molecule has 0 N–H and O–H groups in total. The van der Waals surface area contributed by atoms with Gasteiger partial charge in [0, 0.05) is 23.7 Å². The zero-order valence-electron chi connectivity index (χ0n) is 10.3. The van der Waals surface area contributed by atoms with Gasteiger partial charge in [-0.05, 0) is 19.8 Å². The van der Waals surface area contributed by atoms with Crippen molar-refractivity contribution in [1.82, 2.24) is 9.88 Å². The van der Waals surface area contributed by atoms with E-state index in [-0.39, 0.29) is 10.6 Å². The minimum Gasteiger partial charge on any atom is -0.358 e. The van der Waals surface area contributed by atoms with Gasteiger partial charge in [0.1, 0.15) is 4.32 Å². The molecule has 0 saturated carbocycles. The van der Waals surface area contributed by atoms with Crippen LogP contribution in [0, 0.1) is 6.92 Å². The maximum absolute atomic E-state index is 12.8. The molecule has 0 aliphatic carbocycles. The third kappa shape index (κ3) is 3.82. The maximum atomic E-state index is 12.8. The van der Waals surface area contributed by atoms with Crippen molar-refractivity contribution in [3.05, 3.63) is 15.6 Å². The predicted molar refractivity (Wildman–Crippen MR) is 76.6 cm³/mol. The van der Waals surface area contributed by atoms with E-state index in [0.29, 0.717) is 9.33 Å². The maximum Gasteiger partial charge on any atom is 0.434 e. The number of nitrogens with zero attached hydrogens (tertiary/aromatic N) is 2. The Morgan fingerprint density at radius 2 is 2.05 bits per heavy atom. The molecule has 19 heavy (non-hydrogen) atoms. The van der Waals surface area contributed by atoms with E-state index in [1.54, 1.807) is 6.92 Å². The first-order chi connectivity index (χ1) is 8.88. The van der Waals surface area contributed by atoms with Crippen molar-refractivity contribution in [2.24, 2.45) is 0 Å². The monoisotopic (exact) mass is 326 g/mol. The molecule has 2 heterocycles. The van der Waals surface area contributed by atoms with Gasteiger partial charge >= 0.3 is 6.18 Å². The van der Waals surface area contributed by atoms with Crippen molar-refractivity contribution in [1.29, 1.82) is 0 Å². The summed E-state index contributed by atoms with van der Waals surface area (Å²) < 4.78 is 39.0. The Morgan fingerprint density at radius 3 is 2.63 bits per heavy atom. The van der Waals surface area contributed by atoms with Crippen molar-refractivity contribution in [3.8, 4) is 0 Å². The number of aromatic nitrogens is 1. The van der Waals surface area contributed by atoms with Crippen molar-refractivity contribution in [3.63, 3.8) is 0 Å². The first kappa shape index (κ1) is 15.1. The first-order valence-corrected chi connectivity index (χ1v) is 8.04. The zero-order chi connectivity index (χ0) is 14.0. The fraction of sp³-hybridized carbons (Fsp3) is 0.636. The Morgan fingerprint density at radius 1 is 1.42 bits per heavy atom. The van der Waals surface area contributed by atoms with Crippen LogP contribution in [-0.2, 0) is 11.9 Å². The molecular formula is C11H13F3N2S3. The summed E-state index contributed by atoms with van der Waals surface area (Å²) >= 11 is 7.64. The number of thiazole rings is 1. The average Bonchev–Trinajstić information content (AvgIpc) is 2.93. The minimum atomic E-state index is -4.38. The van der Waals surface area contributed by atoms with E-state index in [1.807, 2.05) is 0 Å². The van der Waals surface area contributed by atoms with Crippen LogP contribution >= 0.6 is 35.3 Å². The largest absolute Gasteiger partial charge is 0.434 e. The summed E-state index contributed by atoms with van der Waals surface area (Å²) in [6.45, 7) is 3.42. The second-order valence-electron chi connectivity index (χ2n) is 4.25. The van der Waals surface area contributed by atoms with Crippen LogP contribution in [0.25, 0.3) is 0 Å². The summed E-state index contributed by atoms with van der Waals surface area (Å²) in [5, 5.41) is 0.440. The number of hydrogen-bond donors (Lipinski definition) is 0. The van der Waals surface area contributed by atoms with Gasteiger partial charge in [0.2, 0.25) is 0 Å². The van der Waals surface area contributed by atoms with Gasteiger partial charge < -0.3 is 4.90 Å². The van der Waals surface area contributed by atoms with E-state index < -0.39 is 11.9 Å². The molecule has 0 bridgehead atoms. The lowest BCUT2D eigenvalue weighted by atomic mass is 10.4. The summed E-state index contributed by atoms with van der Waals surface area (Å²) in [5.41, 5.74) is -0.758. The minimum absolute atomic E-state index is 0.246. The molecule has 1 saturated heterocycles. The van der Waals surface area contributed by atoms with Crippen LogP contribution in [0.1, 0.15) is 28.4 Å². The number of rotatable bonds is 2. The van der Waals surface area contributed by atoms with Crippen molar-refractivity contribution in [2.75, 3.05) is 13.1 Å². The highest BCUT2D eigenvalue weighted by atomic mass is 32.2. The fourth-order valence-electron chi connectivity index (χ4n) is 1.91. The van der Waals surface area contributed by atoms with Crippen molar-refractivity contribution in [2.45, 2.75) is 31.7 Å². The molecular weight excluding hydrogens is 313 g/mol. The van der Waals surface area contributed by atoms with Crippen LogP contribution in [0.4, 0.5) is 13.2 Å². The molecule has 2 nitrogen and oxygen atoms in total. The SMILES string of the molecule is Cc1nc(C(F)(F)F)c(CSC(=S)N2CCCC2)s1. The molecule has 0 aromatic carbocycles. The molecule has 0 amide bonds. The number of aryl methyl sites for hydroxylation is 1. The number of alkyl halides is 3. The normalized spacial score (nSPS) is 16.1. The summed E-state index contributed by atoms with van der Waals surface area (Å²) in [6.07, 6.45) is -2.17. The third-order valence-corrected chi connectivity index (χ3v) is 5.47. The Bertz CT molecular complexity index is 464. The molecule has 2 rings (SSSR count). The van der Waals surface area contributed by atoms with Crippen LogP contribution in [0.3, 0.4) is 0 Å². The lowest BCUT2D eigenvalue weighted by Gasteiger charge is -2.17. The fourth-order valence-corrected chi connectivity index (χ4v) is 4.19. The molecule has 0 atom stereocenters. The Hall–Kier alpha value is -0.340. The zero-order valence-corrected chi connectivity index (χ0v) is 12.7. The van der Waals surface area contributed by atoms with Gasteiger partial charge in [-0.3, -0.25) is 0 Å². The number of thioether (sulfide) groups is 1. The third-order valence-electron chi connectivity index (χ3n) is 2.76. The Balaban J connectivity index is 2.01. The molecule has 1 aromatic heterocycles. The smallest absolute Gasteiger partial charge is 0.358 e. The molecule has 1 aromatic rings. The van der Waals surface area contributed by atoms with Crippen LogP contribution in [-0.4, -0.2) is 27.3 Å². The van der Waals surface area contributed by atoms with Crippen molar-refractivity contribution >= 4 is 39.6 Å².